The van der Waals surface area contributed by atoms with Gasteiger partial charge in [0.2, 0.25) is 0 Å². The summed E-state index contributed by atoms with van der Waals surface area (Å²) < 4.78 is 26.7. The van der Waals surface area contributed by atoms with Crippen LogP contribution in [0.2, 0.25) is 0 Å². The lowest BCUT2D eigenvalue weighted by Gasteiger charge is -2.09. The van der Waals surface area contributed by atoms with Crippen molar-refractivity contribution < 1.29 is 28.5 Å². The maximum Gasteiger partial charge on any atom is 0.305 e. The predicted octanol–water partition coefficient (Wildman–Crippen LogP) is 3.65. The summed E-state index contributed by atoms with van der Waals surface area (Å²) in [5, 5.41) is 0. The number of carbonyl (C=O) groups excluding carboxylic acids is 1. The van der Waals surface area contributed by atoms with E-state index in [2.05, 4.69) is 4.74 Å². The summed E-state index contributed by atoms with van der Waals surface area (Å²) in [6.45, 7) is 6.24. The molecule has 2 N–H and O–H groups in total. The van der Waals surface area contributed by atoms with E-state index in [1.54, 1.807) is 0 Å². The number of hydrogen-bond acceptors (Lipinski definition) is 7. The smallest absolute Gasteiger partial charge is 0.305 e. The zero-order chi connectivity index (χ0) is 21.9. The Morgan fingerprint density at radius 1 is 0.800 bits per heavy atom. The molecule has 7 heteroatoms. The quantitative estimate of drug-likeness (QED) is 0.267. The van der Waals surface area contributed by atoms with Crippen LogP contribution in [-0.2, 0) is 23.7 Å². The second-order valence-corrected chi connectivity index (χ2v) is 7.14. The molecule has 1 unspecified atom stereocenters. The van der Waals surface area contributed by atoms with Gasteiger partial charge in [-0.15, -0.1) is 0 Å². The van der Waals surface area contributed by atoms with Crippen LogP contribution in [0.3, 0.4) is 0 Å². The van der Waals surface area contributed by atoms with Gasteiger partial charge >= 0.3 is 5.97 Å². The van der Waals surface area contributed by atoms with Gasteiger partial charge in [0.1, 0.15) is 5.75 Å². The Balaban J connectivity index is 1.78. The van der Waals surface area contributed by atoms with Gasteiger partial charge in [-0.3, -0.25) is 4.79 Å². The van der Waals surface area contributed by atoms with Crippen LogP contribution in [-0.4, -0.2) is 59.3 Å². The Morgan fingerprint density at radius 3 is 1.90 bits per heavy atom. The van der Waals surface area contributed by atoms with E-state index in [4.69, 9.17) is 24.7 Å². The number of hydrogen-bond donors (Lipinski definition) is 1. The fourth-order valence-electron chi connectivity index (χ4n) is 2.68. The molecule has 0 spiro atoms. The van der Waals surface area contributed by atoms with E-state index in [0.717, 1.165) is 50.2 Å². The SMILES string of the molecule is COC(=O)CCCOCCOCCOCCCCCCOc1ccc(C(C)N)cc1. The summed E-state index contributed by atoms with van der Waals surface area (Å²) in [5.74, 6) is 0.693. The summed E-state index contributed by atoms with van der Waals surface area (Å²) in [6.07, 6.45) is 5.41. The van der Waals surface area contributed by atoms with Crippen molar-refractivity contribution in [2.75, 3.05) is 53.4 Å². The van der Waals surface area contributed by atoms with Crippen molar-refractivity contribution in [2.45, 2.75) is 51.5 Å². The van der Waals surface area contributed by atoms with Crippen molar-refractivity contribution in [3.63, 3.8) is 0 Å². The lowest BCUT2D eigenvalue weighted by atomic mass is 10.1. The van der Waals surface area contributed by atoms with Gasteiger partial charge in [0.15, 0.2) is 0 Å². The van der Waals surface area contributed by atoms with Crippen molar-refractivity contribution in [1.29, 1.82) is 0 Å². The van der Waals surface area contributed by atoms with Crippen molar-refractivity contribution in [1.82, 2.24) is 0 Å². The monoisotopic (exact) mass is 425 g/mol. The van der Waals surface area contributed by atoms with Crippen LogP contribution in [0.1, 0.15) is 57.1 Å². The highest BCUT2D eigenvalue weighted by Crippen LogP contribution is 2.16. The molecule has 0 aromatic heterocycles. The Kier molecular flexibility index (Phi) is 15.9. The minimum Gasteiger partial charge on any atom is -0.494 e. The highest BCUT2D eigenvalue weighted by Gasteiger charge is 2.00. The van der Waals surface area contributed by atoms with Crippen LogP contribution in [0.15, 0.2) is 24.3 Å². The second kappa shape index (κ2) is 18.1. The molecule has 30 heavy (non-hydrogen) atoms. The van der Waals surface area contributed by atoms with Gasteiger partial charge in [0, 0.05) is 25.7 Å². The van der Waals surface area contributed by atoms with Gasteiger partial charge in [0.05, 0.1) is 40.1 Å². The Hall–Kier alpha value is -1.67. The Labute approximate surface area is 181 Å². The van der Waals surface area contributed by atoms with E-state index in [-0.39, 0.29) is 12.0 Å². The summed E-state index contributed by atoms with van der Waals surface area (Å²) in [6, 6.07) is 8.04. The third-order valence-electron chi connectivity index (χ3n) is 4.50. The van der Waals surface area contributed by atoms with Crippen LogP contribution >= 0.6 is 0 Å². The molecule has 1 aromatic carbocycles. The summed E-state index contributed by atoms with van der Waals surface area (Å²) in [7, 11) is 1.39. The van der Waals surface area contributed by atoms with Crippen LogP contribution in [0, 0.1) is 0 Å². The van der Waals surface area contributed by atoms with E-state index >= 15 is 0 Å². The van der Waals surface area contributed by atoms with Crippen molar-refractivity contribution in [3.05, 3.63) is 29.8 Å². The number of carbonyl (C=O) groups is 1. The number of rotatable bonds is 19. The molecule has 1 atom stereocenters. The van der Waals surface area contributed by atoms with Gasteiger partial charge in [-0.05, 0) is 50.3 Å². The molecule has 0 aliphatic heterocycles. The van der Waals surface area contributed by atoms with E-state index in [0.29, 0.717) is 45.9 Å². The van der Waals surface area contributed by atoms with Gasteiger partial charge in [-0.2, -0.15) is 0 Å². The third kappa shape index (κ3) is 14.3. The molecule has 0 radical (unpaired) electrons. The fraction of sp³-hybridized carbons (Fsp3) is 0.696. The number of methoxy groups -OCH3 is 1. The predicted molar refractivity (Wildman–Crippen MR) is 117 cm³/mol. The minimum absolute atomic E-state index is 0.0530. The molecule has 1 rings (SSSR count). The summed E-state index contributed by atoms with van der Waals surface area (Å²) in [4.78, 5) is 10.9. The number of benzene rings is 1. The molecule has 0 heterocycles. The first-order chi connectivity index (χ1) is 14.6. The number of nitrogens with two attached hydrogens (primary N) is 1. The van der Waals surface area contributed by atoms with Crippen molar-refractivity contribution in [2.24, 2.45) is 5.73 Å². The molecule has 0 bridgehead atoms. The van der Waals surface area contributed by atoms with E-state index in [1.165, 1.54) is 7.11 Å². The number of ether oxygens (including phenoxy) is 5. The zero-order valence-corrected chi connectivity index (χ0v) is 18.6. The highest BCUT2D eigenvalue weighted by molar-refractivity contribution is 5.68. The van der Waals surface area contributed by atoms with Gasteiger partial charge in [-0.25, -0.2) is 0 Å². The minimum atomic E-state index is -0.205. The first-order valence-electron chi connectivity index (χ1n) is 10.9. The van der Waals surface area contributed by atoms with Gasteiger partial charge in [0.25, 0.3) is 0 Å². The molecule has 0 aliphatic rings. The Morgan fingerprint density at radius 2 is 1.33 bits per heavy atom. The molecule has 0 aliphatic carbocycles. The van der Waals surface area contributed by atoms with Crippen LogP contribution < -0.4 is 10.5 Å². The average Bonchev–Trinajstić information content (AvgIpc) is 2.75. The zero-order valence-electron chi connectivity index (χ0n) is 18.6. The number of esters is 1. The molecular formula is C23H39NO6. The van der Waals surface area contributed by atoms with E-state index < -0.39 is 0 Å². The molecule has 0 fully saturated rings. The van der Waals surface area contributed by atoms with Gasteiger partial charge < -0.3 is 29.4 Å². The Bertz CT molecular complexity index is 535. The van der Waals surface area contributed by atoms with Crippen LogP contribution in [0.4, 0.5) is 0 Å². The van der Waals surface area contributed by atoms with Crippen LogP contribution in [0.5, 0.6) is 5.75 Å². The second-order valence-electron chi connectivity index (χ2n) is 7.14. The largest absolute Gasteiger partial charge is 0.494 e. The lowest BCUT2D eigenvalue weighted by molar-refractivity contribution is -0.141. The number of unbranched alkanes of at least 4 members (excludes halogenated alkanes) is 3. The first kappa shape index (κ1) is 26.4. The maximum atomic E-state index is 10.9. The molecular weight excluding hydrogens is 386 g/mol. The van der Waals surface area contributed by atoms with E-state index in [1.807, 2.05) is 31.2 Å². The summed E-state index contributed by atoms with van der Waals surface area (Å²) in [5.41, 5.74) is 6.96. The first-order valence-corrected chi connectivity index (χ1v) is 10.9. The van der Waals surface area contributed by atoms with E-state index in [9.17, 15) is 4.79 Å². The molecule has 172 valence electrons. The van der Waals surface area contributed by atoms with Crippen LogP contribution in [0.25, 0.3) is 0 Å². The van der Waals surface area contributed by atoms with Crippen molar-refractivity contribution >= 4 is 5.97 Å². The summed E-state index contributed by atoms with van der Waals surface area (Å²) >= 11 is 0. The molecule has 0 saturated carbocycles. The molecule has 0 amide bonds. The lowest BCUT2D eigenvalue weighted by Crippen LogP contribution is -2.11. The molecule has 0 saturated heterocycles. The standard InChI is InChI=1S/C23H39NO6/c1-20(24)21-9-11-22(12-10-21)30-15-6-4-3-5-13-27-16-18-29-19-17-28-14-7-8-23(25)26-2/h9-12,20H,3-8,13-19,24H2,1-2H3. The average molecular weight is 426 g/mol. The molecule has 7 nitrogen and oxygen atoms in total. The third-order valence-corrected chi connectivity index (χ3v) is 4.50. The van der Waals surface area contributed by atoms with Crippen molar-refractivity contribution in [3.8, 4) is 5.75 Å². The fourth-order valence-corrected chi connectivity index (χ4v) is 2.68. The maximum absolute atomic E-state index is 10.9. The topological polar surface area (TPSA) is 89.2 Å². The van der Waals surface area contributed by atoms with Gasteiger partial charge in [-0.1, -0.05) is 18.6 Å². The normalized spacial score (nSPS) is 12.0. The molecule has 1 aromatic rings. The highest BCUT2D eigenvalue weighted by atomic mass is 16.5.